The van der Waals surface area contributed by atoms with E-state index in [9.17, 15) is 22.4 Å². The minimum absolute atomic E-state index is 0.0128. The van der Waals surface area contributed by atoms with Crippen molar-refractivity contribution >= 4 is 27.7 Å². The Morgan fingerprint density at radius 2 is 1.76 bits per heavy atom. The molecule has 5 fully saturated rings. The van der Waals surface area contributed by atoms with E-state index in [1.54, 1.807) is 19.9 Å². The highest BCUT2D eigenvalue weighted by Gasteiger charge is 2.59. The quantitative estimate of drug-likeness (QED) is 0.656. The number of carbonyl (C=O) groups excluding carboxylic acids is 2. The average Bonchev–Trinajstić information content (AvgIpc) is 2.75. The Hall–Kier alpha value is -2.20. The van der Waals surface area contributed by atoms with E-state index in [4.69, 9.17) is 5.73 Å². The molecule has 1 heterocycles. The van der Waals surface area contributed by atoms with Crippen LogP contribution in [0.5, 0.6) is 0 Å². The molecule has 2 amide bonds. The molecule has 4 saturated carbocycles. The maximum Gasteiger partial charge on any atom is 0.305 e. The van der Waals surface area contributed by atoms with E-state index in [1.807, 2.05) is 0 Å². The van der Waals surface area contributed by atoms with Crippen molar-refractivity contribution < 1.29 is 22.4 Å². The topological polar surface area (TPSA) is 113 Å². The number of benzene rings is 1. The molecule has 1 aliphatic heterocycles. The number of hydrogen-bond donors (Lipinski definition) is 2. The van der Waals surface area contributed by atoms with Gasteiger partial charge in [-0.3, -0.25) is 13.9 Å². The number of nitrogens with zero attached hydrogens (tertiary/aromatic N) is 2. The number of anilines is 1. The zero-order valence-electron chi connectivity index (χ0n) is 19.7. The van der Waals surface area contributed by atoms with Gasteiger partial charge < -0.3 is 11.1 Å². The van der Waals surface area contributed by atoms with Crippen LogP contribution >= 0.6 is 0 Å². The van der Waals surface area contributed by atoms with Gasteiger partial charge in [-0.25, -0.2) is 4.39 Å². The van der Waals surface area contributed by atoms with Crippen molar-refractivity contribution in [2.75, 3.05) is 17.4 Å². The molecule has 4 aliphatic carbocycles. The van der Waals surface area contributed by atoms with Crippen molar-refractivity contribution in [2.24, 2.45) is 28.9 Å². The Morgan fingerprint density at radius 1 is 1.12 bits per heavy atom. The number of nitrogens with one attached hydrogen (secondary N) is 1. The third-order valence-corrected chi connectivity index (χ3v) is 10.8. The molecule has 1 aromatic rings. The van der Waals surface area contributed by atoms with E-state index in [-0.39, 0.29) is 48.5 Å². The summed E-state index contributed by atoms with van der Waals surface area (Å²) in [7, 11) is -4.12. The number of carbonyl (C=O) groups is 2. The van der Waals surface area contributed by atoms with Crippen LogP contribution in [0.3, 0.4) is 0 Å². The third-order valence-electron chi connectivity index (χ3n) is 8.67. The summed E-state index contributed by atoms with van der Waals surface area (Å²) in [5, 5.41) is 3.17. The van der Waals surface area contributed by atoms with Crippen LogP contribution in [0.25, 0.3) is 0 Å². The summed E-state index contributed by atoms with van der Waals surface area (Å²) in [5.41, 5.74) is 3.95. The summed E-state index contributed by atoms with van der Waals surface area (Å²) >= 11 is 0. The van der Waals surface area contributed by atoms with Crippen LogP contribution in [-0.2, 0) is 19.8 Å². The van der Waals surface area contributed by atoms with Gasteiger partial charge in [0, 0.05) is 24.5 Å². The van der Waals surface area contributed by atoms with Crippen LogP contribution in [0.15, 0.2) is 24.3 Å². The van der Waals surface area contributed by atoms with Gasteiger partial charge in [-0.15, -0.1) is 0 Å². The van der Waals surface area contributed by atoms with Crippen molar-refractivity contribution in [3.8, 4) is 0 Å². The molecule has 1 aromatic carbocycles. The molecular formula is C24H33FN4O4S. The highest BCUT2D eigenvalue weighted by molar-refractivity contribution is 7.90. The first-order valence-corrected chi connectivity index (χ1v) is 13.5. The maximum atomic E-state index is 14.4. The van der Waals surface area contributed by atoms with Gasteiger partial charge in [0.1, 0.15) is 11.4 Å². The lowest BCUT2D eigenvalue weighted by Crippen LogP contribution is -2.67. The lowest BCUT2D eigenvalue weighted by molar-refractivity contribution is -0.148. The van der Waals surface area contributed by atoms with Gasteiger partial charge in [-0.05, 0) is 82.3 Å². The van der Waals surface area contributed by atoms with E-state index >= 15 is 0 Å². The van der Waals surface area contributed by atoms with Crippen molar-refractivity contribution in [1.82, 2.24) is 9.62 Å². The van der Waals surface area contributed by atoms with Crippen LogP contribution in [0.1, 0.15) is 52.4 Å². The lowest BCUT2D eigenvalue weighted by Gasteiger charge is -2.59. The largest absolute Gasteiger partial charge is 0.369 e. The molecule has 1 saturated heterocycles. The maximum absolute atomic E-state index is 14.4. The van der Waals surface area contributed by atoms with E-state index in [0.29, 0.717) is 25.2 Å². The summed E-state index contributed by atoms with van der Waals surface area (Å²) in [6.45, 7) is 3.54. The first kappa shape index (κ1) is 23.5. The fourth-order valence-electron chi connectivity index (χ4n) is 7.18. The third kappa shape index (κ3) is 3.52. The molecule has 10 heteroatoms. The fraction of sp³-hybridized carbons (Fsp3) is 0.667. The average molecular weight is 493 g/mol. The van der Waals surface area contributed by atoms with Gasteiger partial charge in [0.15, 0.2) is 0 Å². The molecular weight excluding hydrogens is 459 g/mol. The van der Waals surface area contributed by atoms with Gasteiger partial charge >= 0.3 is 10.2 Å². The molecule has 34 heavy (non-hydrogen) atoms. The summed E-state index contributed by atoms with van der Waals surface area (Å²) in [4.78, 5) is 25.8. The van der Waals surface area contributed by atoms with E-state index in [2.05, 4.69) is 5.32 Å². The molecule has 8 nitrogen and oxygen atoms in total. The standard InChI is InChI=1S/C24H33FN4O4S/c1-23(2,29-9-5-8-28(34(29,32)33)19-7-4-3-6-18(19)25)22(31)27-20-16-10-15-11-17(20)14-24(12-15,13-16)21(26)30/h3-4,6-7,15-17,20H,5,8-14H2,1-2H3,(H2,26,30)(H,27,31). The van der Waals surface area contributed by atoms with Crippen LogP contribution < -0.4 is 15.4 Å². The molecule has 6 rings (SSSR count). The molecule has 0 aromatic heterocycles. The molecule has 2 unspecified atom stereocenters. The Balaban J connectivity index is 1.36. The van der Waals surface area contributed by atoms with E-state index < -0.39 is 27.0 Å². The SMILES string of the molecule is CC(C)(C(=O)NC1C2CC3CC1CC(C(N)=O)(C3)C2)N1CCCN(c2ccccc2F)S1(=O)=O. The Morgan fingerprint density at radius 3 is 2.38 bits per heavy atom. The monoisotopic (exact) mass is 492 g/mol. The second kappa shape index (κ2) is 7.91. The molecule has 2 atom stereocenters. The molecule has 186 valence electrons. The van der Waals surface area contributed by atoms with Gasteiger partial charge in [0.2, 0.25) is 11.8 Å². The van der Waals surface area contributed by atoms with Crippen LogP contribution in [-0.4, -0.2) is 49.2 Å². The summed E-state index contributed by atoms with van der Waals surface area (Å²) in [5.74, 6) is -0.408. The normalized spacial score (nSPS) is 34.7. The molecule has 5 aliphatic rings. The minimum Gasteiger partial charge on any atom is -0.369 e. The number of nitrogens with two attached hydrogens (primary N) is 1. The van der Waals surface area contributed by atoms with Crippen molar-refractivity contribution in [1.29, 1.82) is 0 Å². The van der Waals surface area contributed by atoms with Gasteiger partial charge in [-0.2, -0.15) is 12.7 Å². The lowest BCUT2D eigenvalue weighted by atomic mass is 9.47. The number of primary amides is 1. The van der Waals surface area contributed by atoms with Crippen molar-refractivity contribution in [2.45, 2.75) is 64.0 Å². The van der Waals surface area contributed by atoms with Crippen LogP contribution in [0, 0.1) is 29.0 Å². The molecule has 0 radical (unpaired) electrons. The number of hydrogen-bond acceptors (Lipinski definition) is 4. The second-order valence-corrected chi connectivity index (χ2v) is 12.9. The molecule has 0 spiro atoms. The number of para-hydroxylation sites is 1. The van der Waals surface area contributed by atoms with Crippen molar-refractivity contribution in [3.63, 3.8) is 0 Å². The van der Waals surface area contributed by atoms with Crippen LogP contribution in [0.4, 0.5) is 10.1 Å². The van der Waals surface area contributed by atoms with E-state index in [1.165, 1.54) is 22.5 Å². The van der Waals surface area contributed by atoms with Gasteiger partial charge in [0.05, 0.1) is 5.69 Å². The minimum atomic E-state index is -4.12. The van der Waals surface area contributed by atoms with Gasteiger partial charge in [-0.1, -0.05) is 12.1 Å². The van der Waals surface area contributed by atoms with E-state index in [0.717, 1.165) is 23.6 Å². The predicted octanol–water partition coefficient (Wildman–Crippen LogP) is 2.16. The molecule has 3 N–H and O–H groups in total. The molecule has 4 bridgehead atoms. The second-order valence-electron chi connectivity index (χ2n) is 11.1. The Kier molecular flexibility index (Phi) is 5.48. The summed E-state index contributed by atoms with van der Waals surface area (Å²) < 4.78 is 43.7. The zero-order valence-corrected chi connectivity index (χ0v) is 20.5. The van der Waals surface area contributed by atoms with Crippen molar-refractivity contribution in [3.05, 3.63) is 30.1 Å². The number of halogens is 1. The number of rotatable bonds is 5. The van der Waals surface area contributed by atoms with Gasteiger partial charge in [0.25, 0.3) is 0 Å². The smallest absolute Gasteiger partial charge is 0.305 e. The highest BCUT2D eigenvalue weighted by atomic mass is 32.2. The zero-order chi connectivity index (χ0) is 24.5. The summed E-state index contributed by atoms with van der Waals surface area (Å²) in [6, 6.07) is 5.68. The Labute approximate surface area is 200 Å². The predicted molar refractivity (Wildman–Crippen MR) is 125 cm³/mol. The Bertz CT molecular complexity index is 1110. The first-order valence-electron chi connectivity index (χ1n) is 12.1. The number of amides is 2. The first-order chi connectivity index (χ1) is 16.0. The van der Waals surface area contributed by atoms with Crippen LogP contribution in [0.2, 0.25) is 0 Å². The summed E-state index contributed by atoms with van der Waals surface area (Å²) in [6.07, 6.45) is 4.61. The fourth-order valence-corrected chi connectivity index (χ4v) is 9.19. The highest BCUT2D eigenvalue weighted by Crippen LogP contribution is 2.60.